The molecule has 138 valence electrons. The molecule has 1 fully saturated rings. The van der Waals surface area contributed by atoms with Crippen LogP contribution in [0, 0.1) is 11.3 Å². The van der Waals surface area contributed by atoms with Crippen LogP contribution in [0.1, 0.15) is 34.3 Å². The largest absolute Gasteiger partial charge is 0.497 e. The average molecular weight is 364 g/mol. The van der Waals surface area contributed by atoms with Gasteiger partial charge in [0.25, 0.3) is 5.91 Å². The smallest absolute Gasteiger partial charge is 0.338 e. The second-order valence-electron chi connectivity index (χ2n) is 6.37. The first kappa shape index (κ1) is 18.5. The summed E-state index contributed by atoms with van der Waals surface area (Å²) in [5, 5.41) is 8.91. The van der Waals surface area contributed by atoms with Crippen LogP contribution in [-0.2, 0) is 16.1 Å². The molecule has 6 nitrogen and oxygen atoms in total. The molecule has 3 rings (SSSR count). The first-order valence-corrected chi connectivity index (χ1v) is 8.70. The predicted octanol–water partition coefficient (Wildman–Crippen LogP) is 2.91. The van der Waals surface area contributed by atoms with Crippen LogP contribution in [0.15, 0.2) is 48.5 Å². The zero-order chi connectivity index (χ0) is 19.2. The van der Waals surface area contributed by atoms with Crippen molar-refractivity contribution in [3.05, 3.63) is 65.2 Å². The van der Waals surface area contributed by atoms with E-state index >= 15 is 0 Å². The highest BCUT2D eigenvalue weighted by molar-refractivity contribution is 5.91. The van der Waals surface area contributed by atoms with Gasteiger partial charge in [-0.1, -0.05) is 18.2 Å². The molecule has 0 aromatic heterocycles. The fourth-order valence-electron chi connectivity index (χ4n) is 2.74. The second kappa shape index (κ2) is 8.37. The Morgan fingerprint density at radius 3 is 2.56 bits per heavy atom. The van der Waals surface area contributed by atoms with Crippen LogP contribution in [-0.4, -0.2) is 36.5 Å². The summed E-state index contributed by atoms with van der Waals surface area (Å²) in [5.41, 5.74) is 1.62. The Bertz CT molecular complexity index is 866. The van der Waals surface area contributed by atoms with Crippen LogP contribution in [0.5, 0.6) is 5.75 Å². The van der Waals surface area contributed by atoms with Gasteiger partial charge in [-0.05, 0) is 48.7 Å². The van der Waals surface area contributed by atoms with E-state index in [1.54, 1.807) is 30.2 Å². The molecule has 1 aliphatic rings. The number of nitrogens with zero attached hydrogens (tertiary/aromatic N) is 2. The van der Waals surface area contributed by atoms with Gasteiger partial charge in [-0.3, -0.25) is 4.79 Å². The molecule has 0 unspecified atom stereocenters. The topological polar surface area (TPSA) is 79.6 Å². The summed E-state index contributed by atoms with van der Waals surface area (Å²) in [4.78, 5) is 26.5. The van der Waals surface area contributed by atoms with E-state index in [0.29, 0.717) is 12.1 Å². The van der Waals surface area contributed by atoms with Crippen LogP contribution < -0.4 is 4.74 Å². The van der Waals surface area contributed by atoms with E-state index in [9.17, 15) is 9.59 Å². The highest BCUT2D eigenvalue weighted by Crippen LogP contribution is 2.29. The van der Waals surface area contributed by atoms with Crippen molar-refractivity contribution < 1.29 is 19.1 Å². The Morgan fingerprint density at radius 2 is 1.93 bits per heavy atom. The van der Waals surface area contributed by atoms with E-state index < -0.39 is 5.97 Å². The number of esters is 1. The Balaban J connectivity index is 1.60. The number of hydrogen-bond acceptors (Lipinski definition) is 5. The number of benzene rings is 2. The van der Waals surface area contributed by atoms with Crippen LogP contribution >= 0.6 is 0 Å². The molecule has 0 bridgehead atoms. The summed E-state index contributed by atoms with van der Waals surface area (Å²) in [5.74, 6) is -0.0738. The number of ether oxygens (including phenoxy) is 2. The van der Waals surface area contributed by atoms with Gasteiger partial charge >= 0.3 is 5.97 Å². The van der Waals surface area contributed by atoms with Gasteiger partial charge < -0.3 is 14.4 Å². The van der Waals surface area contributed by atoms with Gasteiger partial charge in [-0.25, -0.2) is 4.79 Å². The van der Waals surface area contributed by atoms with Crippen molar-refractivity contribution in [1.29, 1.82) is 5.26 Å². The van der Waals surface area contributed by atoms with Crippen molar-refractivity contribution in [2.75, 3.05) is 13.7 Å². The maximum absolute atomic E-state index is 12.6. The highest BCUT2D eigenvalue weighted by Gasteiger charge is 2.33. The third-order valence-electron chi connectivity index (χ3n) is 4.37. The lowest BCUT2D eigenvalue weighted by Gasteiger charge is -2.22. The molecule has 0 atom stereocenters. The van der Waals surface area contributed by atoms with Gasteiger partial charge in [0.15, 0.2) is 6.61 Å². The molecule has 2 aromatic rings. The Kier molecular flexibility index (Phi) is 5.72. The molecular formula is C21H20N2O4. The maximum atomic E-state index is 12.6. The lowest BCUT2D eigenvalue weighted by atomic mass is 10.1. The number of amides is 1. The Morgan fingerprint density at radius 1 is 1.19 bits per heavy atom. The SMILES string of the molecule is COc1ccc(CN(C(=O)COC(=O)c2cccc(C#N)c2)C2CC2)cc1. The van der Waals surface area contributed by atoms with Crippen molar-refractivity contribution >= 4 is 11.9 Å². The first-order valence-electron chi connectivity index (χ1n) is 8.70. The van der Waals surface area contributed by atoms with E-state index in [2.05, 4.69) is 0 Å². The number of carbonyl (C=O) groups is 2. The molecule has 0 radical (unpaired) electrons. The molecule has 1 aliphatic carbocycles. The zero-order valence-corrected chi connectivity index (χ0v) is 15.1. The molecule has 6 heteroatoms. The van der Waals surface area contributed by atoms with Crippen LogP contribution in [0.2, 0.25) is 0 Å². The molecule has 0 saturated heterocycles. The van der Waals surface area contributed by atoms with Crippen LogP contribution in [0.3, 0.4) is 0 Å². The normalized spacial score (nSPS) is 12.7. The zero-order valence-electron chi connectivity index (χ0n) is 15.1. The first-order chi connectivity index (χ1) is 13.1. The molecule has 0 heterocycles. The summed E-state index contributed by atoms with van der Waals surface area (Å²) in [6, 6.07) is 15.9. The van der Waals surface area contributed by atoms with Gasteiger partial charge in [0.05, 0.1) is 24.3 Å². The Labute approximate surface area is 157 Å². The molecule has 0 N–H and O–H groups in total. The summed E-state index contributed by atoms with van der Waals surface area (Å²) in [7, 11) is 1.61. The van der Waals surface area contributed by atoms with Crippen molar-refractivity contribution in [3.8, 4) is 11.8 Å². The minimum atomic E-state index is -0.611. The van der Waals surface area contributed by atoms with Gasteiger partial charge in [-0.15, -0.1) is 0 Å². The molecular weight excluding hydrogens is 344 g/mol. The second-order valence-corrected chi connectivity index (χ2v) is 6.37. The van der Waals surface area contributed by atoms with E-state index in [1.165, 1.54) is 6.07 Å². The molecule has 2 aromatic carbocycles. The minimum Gasteiger partial charge on any atom is -0.497 e. The quantitative estimate of drug-likeness (QED) is 0.706. The number of rotatable bonds is 7. The minimum absolute atomic E-state index is 0.195. The van der Waals surface area contributed by atoms with Crippen molar-refractivity contribution in [2.45, 2.75) is 25.4 Å². The van der Waals surface area contributed by atoms with Crippen molar-refractivity contribution in [2.24, 2.45) is 0 Å². The van der Waals surface area contributed by atoms with Crippen molar-refractivity contribution in [1.82, 2.24) is 4.90 Å². The molecule has 27 heavy (non-hydrogen) atoms. The van der Waals surface area contributed by atoms with E-state index in [-0.39, 0.29) is 24.1 Å². The molecule has 0 aliphatic heterocycles. The van der Waals surface area contributed by atoms with Gasteiger partial charge in [0, 0.05) is 12.6 Å². The highest BCUT2D eigenvalue weighted by atomic mass is 16.5. The van der Waals surface area contributed by atoms with E-state index in [1.807, 2.05) is 30.3 Å². The van der Waals surface area contributed by atoms with Crippen molar-refractivity contribution in [3.63, 3.8) is 0 Å². The summed E-state index contributed by atoms with van der Waals surface area (Å²) in [6.45, 7) is 0.150. The maximum Gasteiger partial charge on any atom is 0.338 e. The van der Waals surface area contributed by atoms with Gasteiger partial charge in [0.1, 0.15) is 5.75 Å². The summed E-state index contributed by atoms with van der Waals surface area (Å²) < 4.78 is 10.3. The molecule has 1 amide bonds. The lowest BCUT2D eigenvalue weighted by molar-refractivity contribution is -0.135. The summed E-state index contributed by atoms with van der Waals surface area (Å²) in [6.07, 6.45) is 1.92. The standard InChI is InChI=1S/C21H20N2O4/c1-26-19-9-5-15(6-10-19)13-23(18-7-8-18)20(24)14-27-21(25)17-4-2-3-16(11-17)12-22/h2-6,9-11,18H,7-8,13-14H2,1H3. The third kappa shape index (κ3) is 4.85. The van der Waals surface area contributed by atoms with Crippen LogP contribution in [0.25, 0.3) is 0 Å². The molecule has 0 spiro atoms. The van der Waals surface area contributed by atoms with Gasteiger partial charge in [-0.2, -0.15) is 5.26 Å². The molecule has 1 saturated carbocycles. The predicted molar refractivity (Wildman–Crippen MR) is 98.0 cm³/mol. The number of hydrogen-bond donors (Lipinski definition) is 0. The number of methoxy groups -OCH3 is 1. The fourth-order valence-corrected chi connectivity index (χ4v) is 2.74. The number of nitriles is 1. The Hall–Kier alpha value is -3.33. The third-order valence-corrected chi connectivity index (χ3v) is 4.37. The number of carbonyl (C=O) groups excluding carboxylic acids is 2. The van der Waals surface area contributed by atoms with Gasteiger partial charge in [0.2, 0.25) is 0 Å². The average Bonchev–Trinajstić information content (AvgIpc) is 3.55. The summed E-state index contributed by atoms with van der Waals surface area (Å²) >= 11 is 0. The lowest BCUT2D eigenvalue weighted by Crippen LogP contribution is -2.36. The van der Waals surface area contributed by atoms with Crippen LogP contribution in [0.4, 0.5) is 0 Å². The monoisotopic (exact) mass is 364 g/mol. The van der Waals surface area contributed by atoms with E-state index in [4.69, 9.17) is 14.7 Å². The van der Waals surface area contributed by atoms with E-state index in [0.717, 1.165) is 24.2 Å². The fraction of sp³-hybridized carbons (Fsp3) is 0.286.